The Bertz CT molecular complexity index is 899. The van der Waals surface area contributed by atoms with Gasteiger partial charge < -0.3 is 20.1 Å². The summed E-state index contributed by atoms with van der Waals surface area (Å²) in [6, 6.07) is 11.5. The molecule has 2 amide bonds. The van der Waals surface area contributed by atoms with Crippen molar-refractivity contribution in [1.82, 2.24) is 5.32 Å². The molecule has 0 aromatic heterocycles. The molecule has 2 aromatic rings. The lowest BCUT2D eigenvalue weighted by atomic mass is 10.0. The van der Waals surface area contributed by atoms with E-state index >= 15 is 0 Å². The van der Waals surface area contributed by atoms with Gasteiger partial charge in [-0.05, 0) is 42.3 Å². The average molecular weight is 477 g/mol. The molecule has 1 atom stereocenters. The van der Waals surface area contributed by atoms with E-state index in [9.17, 15) is 14.4 Å². The number of hydrogen-bond acceptors (Lipinski definition) is 5. The molecule has 0 saturated carbocycles. The second-order valence-corrected chi connectivity index (χ2v) is 7.52. The van der Waals surface area contributed by atoms with Crippen LogP contribution in [0, 0.1) is 0 Å². The number of halogens is 1. The summed E-state index contributed by atoms with van der Waals surface area (Å²) in [5.74, 6) is -0.440. The number of carbonyl (C=O) groups excluding carboxylic acids is 3. The van der Waals surface area contributed by atoms with E-state index in [1.54, 1.807) is 49.6 Å². The Balaban J connectivity index is 2.18. The molecule has 0 saturated heterocycles. The van der Waals surface area contributed by atoms with Crippen LogP contribution in [-0.2, 0) is 14.3 Å². The minimum absolute atomic E-state index is 0.00851. The van der Waals surface area contributed by atoms with Crippen LogP contribution in [0.3, 0.4) is 0 Å². The van der Waals surface area contributed by atoms with Crippen LogP contribution >= 0.6 is 15.9 Å². The Morgan fingerprint density at radius 1 is 1.10 bits per heavy atom. The number of amides is 2. The summed E-state index contributed by atoms with van der Waals surface area (Å²) >= 11 is 3.33. The Hall–Kier alpha value is -2.87. The highest BCUT2D eigenvalue weighted by molar-refractivity contribution is 9.10. The molecule has 0 radical (unpaired) electrons. The van der Waals surface area contributed by atoms with Gasteiger partial charge in [0.1, 0.15) is 5.75 Å². The Morgan fingerprint density at radius 2 is 1.80 bits per heavy atom. The molecule has 0 bridgehead atoms. The molecule has 8 heteroatoms. The lowest BCUT2D eigenvalue weighted by Gasteiger charge is -2.19. The van der Waals surface area contributed by atoms with Crippen LogP contribution in [0.1, 0.15) is 48.7 Å². The van der Waals surface area contributed by atoms with Gasteiger partial charge in [0.2, 0.25) is 11.8 Å². The van der Waals surface area contributed by atoms with Crippen LogP contribution in [0.15, 0.2) is 46.9 Å². The maximum absolute atomic E-state index is 12.7. The molecule has 0 fully saturated rings. The van der Waals surface area contributed by atoms with Gasteiger partial charge in [0.05, 0.1) is 37.4 Å². The van der Waals surface area contributed by atoms with E-state index in [4.69, 9.17) is 9.47 Å². The van der Waals surface area contributed by atoms with Crippen molar-refractivity contribution in [2.75, 3.05) is 19.0 Å². The fraction of sp³-hybridized carbons (Fsp3) is 0.318. The van der Waals surface area contributed by atoms with E-state index in [1.165, 1.54) is 6.92 Å². The lowest BCUT2D eigenvalue weighted by Crippen LogP contribution is -2.30. The number of rotatable bonds is 9. The highest BCUT2D eigenvalue weighted by Gasteiger charge is 2.20. The van der Waals surface area contributed by atoms with E-state index < -0.39 is 12.0 Å². The van der Waals surface area contributed by atoms with Gasteiger partial charge in [0.15, 0.2) is 0 Å². The molecule has 2 aromatic carbocycles. The number of hydrogen-bond donors (Lipinski definition) is 2. The minimum Gasteiger partial charge on any atom is -0.497 e. The summed E-state index contributed by atoms with van der Waals surface area (Å²) in [6.07, 6.45) is 0.688. The molecule has 0 aliphatic rings. The SMILES string of the molecule is CCCOC(=O)c1cc(Br)ccc1NC(=O)CC(NC(C)=O)c1ccc(OC)cc1. The molecule has 30 heavy (non-hydrogen) atoms. The number of nitrogens with one attached hydrogen (secondary N) is 2. The standard InChI is InChI=1S/C22H25BrN2O5/c1-4-11-30-22(28)18-12-16(23)7-10-19(18)25-21(27)13-20(24-14(2)26)15-5-8-17(29-3)9-6-15/h5-10,12,20H,4,11,13H2,1-3H3,(H,24,26)(H,25,27). The summed E-state index contributed by atoms with van der Waals surface area (Å²) in [5.41, 5.74) is 1.37. The highest BCUT2D eigenvalue weighted by Crippen LogP contribution is 2.24. The Kier molecular flexibility index (Phi) is 8.86. The molecule has 2 N–H and O–H groups in total. The second kappa shape index (κ2) is 11.3. The molecule has 0 aliphatic carbocycles. The third kappa shape index (κ3) is 6.88. The van der Waals surface area contributed by atoms with Crippen LogP contribution in [0.2, 0.25) is 0 Å². The smallest absolute Gasteiger partial charge is 0.340 e. The van der Waals surface area contributed by atoms with Crippen molar-refractivity contribution in [1.29, 1.82) is 0 Å². The van der Waals surface area contributed by atoms with E-state index in [0.29, 0.717) is 28.9 Å². The number of benzene rings is 2. The predicted molar refractivity (Wildman–Crippen MR) is 118 cm³/mol. The van der Waals surface area contributed by atoms with Gasteiger partial charge in [0, 0.05) is 11.4 Å². The van der Waals surface area contributed by atoms with E-state index in [-0.39, 0.29) is 23.8 Å². The minimum atomic E-state index is -0.528. The third-order valence-electron chi connectivity index (χ3n) is 4.20. The molecule has 160 valence electrons. The maximum atomic E-state index is 12.7. The Morgan fingerprint density at radius 3 is 2.40 bits per heavy atom. The first-order valence-electron chi connectivity index (χ1n) is 9.51. The zero-order valence-electron chi connectivity index (χ0n) is 17.2. The Labute approximate surface area is 184 Å². The van der Waals surface area contributed by atoms with E-state index in [1.807, 2.05) is 6.92 Å². The monoisotopic (exact) mass is 476 g/mol. The molecule has 0 aliphatic heterocycles. The predicted octanol–water partition coefficient (Wildman–Crippen LogP) is 4.23. The molecule has 0 spiro atoms. The first kappa shape index (κ1) is 23.4. The normalized spacial score (nSPS) is 11.3. The van der Waals surface area contributed by atoms with Crippen molar-refractivity contribution < 1.29 is 23.9 Å². The van der Waals surface area contributed by atoms with Crippen molar-refractivity contribution in [3.63, 3.8) is 0 Å². The summed E-state index contributed by atoms with van der Waals surface area (Å²) in [7, 11) is 1.56. The van der Waals surface area contributed by atoms with E-state index in [0.717, 1.165) is 5.56 Å². The van der Waals surface area contributed by atoms with Crippen molar-refractivity contribution in [2.24, 2.45) is 0 Å². The largest absolute Gasteiger partial charge is 0.497 e. The maximum Gasteiger partial charge on any atom is 0.340 e. The van der Waals surface area contributed by atoms with Gasteiger partial charge in [-0.3, -0.25) is 9.59 Å². The molecule has 0 heterocycles. The zero-order chi connectivity index (χ0) is 22.1. The van der Waals surface area contributed by atoms with Gasteiger partial charge in [-0.15, -0.1) is 0 Å². The molecule has 7 nitrogen and oxygen atoms in total. The quantitative estimate of drug-likeness (QED) is 0.528. The van der Waals surface area contributed by atoms with Crippen molar-refractivity contribution in [3.05, 3.63) is 58.1 Å². The average Bonchev–Trinajstić information content (AvgIpc) is 2.72. The summed E-state index contributed by atoms with van der Waals surface area (Å²) in [4.78, 5) is 36.7. The fourth-order valence-corrected chi connectivity index (χ4v) is 3.15. The van der Waals surface area contributed by atoms with Crippen molar-refractivity contribution in [2.45, 2.75) is 32.7 Å². The number of methoxy groups -OCH3 is 1. The summed E-state index contributed by atoms with van der Waals surface area (Å²) in [5, 5.41) is 5.54. The van der Waals surface area contributed by atoms with Gasteiger partial charge in [-0.25, -0.2) is 4.79 Å². The van der Waals surface area contributed by atoms with E-state index in [2.05, 4.69) is 26.6 Å². The molecular weight excluding hydrogens is 452 g/mol. The van der Waals surface area contributed by atoms with Crippen LogP contribution < -0.4 is 15.4 Å². The van der Waals surface area contributed by atoms with Crippen LogP contribution in [0.5, 0.6) is 5.75 Å². The number of esters is 1. The van der Waals surface area contributed by atoms with Crippen LogP contribution in [0.4, 0.5) is 5.69 Å². The van der Waals surface area contributed by atoms with Gasteiger partial charge in [-0.2, -0.15) is 0 Å². The first-order valence-corrected chi connectivity index (χ1v) is 10.3. The number of carbonyl (C=O) groups is 3. The number of ether oxygens (including phenoxy) is 2. The van der Waals surface area contributed by atoms with Gasteiger partial charge >= 0.3 is 5.97 Å². The van der Waals surface area contributed by atoms with Crippen molar-refractivity contribution >= 4 is 39.4 Å². The topological polar surface area (TPSA) is 93.7 Å². The highest BCUT2D eigenvalue weighted by atomic mass is 79.9. The van der Waals surface area contributed by atoms with Crippen LogP contribution in [-0.4, -0.2) is 31.5 Å². The summed E-state index contributed by atoms with van der Waals surface area (Å²) < 4.78 is 11.0. The second-order valence-electron chi connectivity index (χ2n) is 6.60. The fourth-order valence-electron chi connectivity index (χ4n) is 2.79. The third-order valence-corrected chi connectivity index (χ3v) is 4.69. The molecule has 2 rings (SSSR count). The lowest BCUT2D eigenvalue weighted by molar-refractivity contribution is -0.120. The van der Waals surface area contributed by atoms with Gasteiger partial charge in [0.25, 0.3) is 0 Å². The molecule has 1 unspecified atom stereocenters. The van der Waals surface area contributed by atoms with Crippen LogP contribution in [0.25, 0.3) is 0 Å². The van der Waals surface area contributed by atoms with Crippen molar-refractivity contribution in [3.8, 4) is 5.75 Å². The molecular formula is C22H25BrN2O5. The summed E-state index contributed by atoms with van der Waals surface area (Å²) in [6.45, 7) is 3.59. The first-order chi connectivity index (χ1) is 14.3. The number of anilines is 1. The van der Waals surface area contributed by atoms with Gasteiger partial charge in [-0.1, -0.05) is 35.0 Å². The zero-order valence-corrected chi connectivity index (χ0v) is 18.7.